The molecular weight excluding hydrogens is 182 g/mol. The molecule has 0 amide bonds. The van der Waals surface area contributed by atoms with Crippen molar-refractivity contribution in [3.8, 4) is 0 Å². The summed E-state index contributed by atoms with van der Waals surface area (Å²) in [6.07, 6.45) is 11.9. The molecule has 15 heavy (non-hydrogen) atoms. The molecule has 86 valence electrons. The maximum absolute atomic E-state index is 3.92. The summed E-state index contributed by atoms with van der Waals surface area (Å²) in [5, 5.41) is 3.92. The van der Waals surface area contributed by atoms with Crippen LogP contribution in [0.4, 0.5) is 0 Å². The van der Waals surface area contributed by atoms with Crippen LogP contribution in [-0.4, -0.2) is 12.1 Å². The third kappa shape index (κ3) is 1.73. The van der Waals surface area contributed by atoms with E-state index < -0.39 is 0 Å². The van der Waals surface area contributed by atoms with Crippen molar-refractivity contribution in [1.82, 2.24) is 5.32 Å². The Labute approximate surface area is 94.0 Å². The molecule has 0 spiro atoms. The third-order valence-electron chi connectivity index (χ3n) is 5.19. The van der Waals surface area contributed by atoms with Crippen LogP contribution >= 0.6 is 0 Å². The fourth-order valence-electron chi connectivity index (χ4n) is 4.32. The van der Waals surface area contributed by atoms with Gasteiger partial charge in [0.05, 0.1) is 0 Å². The standard InChI is InChI=1S/C14H25N/c1-11-4-2-5-13(10-11)14(12-6-7-12)8-3-9-15-14/h11-13,15H,2-10H2,1H3. The van der Waals surface area contributed by atoms with Crippen molar-refractivity contribution in [2.75, 3.05) is 6.54 Å². The fourth-order valence-corrected chi connectivity index (χ4v) is 4.32. The molecule has 3 aliphatic rings. The Kier molecular flexibility index (Phi) is 2.54. The molecule has 2 saturated carbocycles. The smallest absolute Gasteiger partial charge is 0.0238 e. The van der Waals surface area contributed by atoms with Gasteiger partial charge in [0.1, 0.15) is 0 Å². The van der Waals surface area contributed by atoms with Gasteiger partial charge in [0.25, 0.3) is 0 Å². The Bertz CT molecular complexity index is 225. The van der Waals surface area contributed by atoms with E-state index in [1.807, 2.05) is 0 Å². The van der Waals surface area contributed by atoms with Gasteiger partial charge in [0, 0.05) is 5.54 Å². The van der Waals surface area contributed by atoms with E-state index in [4.69, 9.17) is 0 Å². The van der Waals surface area contributed by atoms with Crippen LogP contribution in [0.25, 0.3) is 0 Å². The second-order valence-corrected chi connectivity index (χ2v) is 6.31. The number of hydrogen-bond acceptors (Lipinski definition) is 1. The molecule has 1 N–H and O–H groups in total. The minimum Gasteiger partial charge on any atom is -0.311 e. The predicted molar refractivity (Wildman–Crippen MR) is 63.8 cm³/mol. The molecule has 0 aromatic carbocycles. The first-order valence-electron chi connectivity index (χ1n) is 7.06. The lowest BCUT2D eigenvalue weighted by atomic mass is 9.68. The van der Waals surface area contributed by atoms with Crippen LogP contribution in [0, 0.1) is 17.8 Å². The Morgan fingerprint density at radius 2 is 1.87 bits per heavy atom. The number of hydrogen-bond donors (Lipinski definition) is 1. The number of nitrogens with one attached hydrogen (secondary N) is 1. The molecule has 3 fully saturated rings. The molecule has 3 rings (SSSR count). The molecular formula is C14H25N. The van der Waals surface area contributed by atoms with Crippen LogP contribution in [0.15, 0.2) is 0 Å². The van der Waals surface area contributed by atoms with Crippen molar-refractivity contribution in [3.63, 3.8) is 0 Å². The normalized spacial score (nSPS) is 47.0. The zero-order chi connectivity index (χ0) is 10.3. The largest absolute Gasteiger partial charge is 0.311 e. The summed E-state index contributed by atoms with van der Waals surface area (Å²) >= 11 is 0. The molecule has 2 aliphatic carbocycles. The van der Waals surface area contributed by atoms with Crippen molar-refractivity contribution in [2.24, 2.45) is 17.8 Å². The molecule has 0 radical (unpaired) electrons. The topological polar surface area (TPSA) is 12.0 Å². The van der Waals surface area contributed by atoms with Crippen LogP contribution in [-0.2, 0) is 0 Å². The first-order chi connectivity index (χ1) is 7.31. The van der Waals surface area contributed by atoms with E-state index in [2.05, 4.69) is 12.2 Å². The van der Waals surface area contributed by atoms with E-state index in [9.17, 15) is 0 Å². The molecule has 0 aromatic heterocycles. The monoisotopic (exact) mass is 207 g/mol. The van der Waals surface area contributed by atoms with E-state index >= 15 is 0 Å². The highest BCUT2D eigenvalue weighted by atomic mass is 15.0. The molecule has 1 heterocycles. The Hall–Kier alpha value is -0.0400. The summed E-state index contributed by atoms with van der Waals surface area (Å²) in [7, 11) is 0. The zero-order valence-electron chi connectivity index (χ0n) is 10.1. The van der Waals surface area contributed by atoms with E-state index in [1.165, 1.54) is 57.9 Å². The van der Waals surface area contributed by atoms with Crippen molar-refractivity contribution < 1.29 is 0 Å². The average molecular weight is 207 g/mol. The maximum Gasteiger partial charge on any atom is 0.0238 e. The SMILES string of the molecule is CC1CCCC(C2(C3CC3)CCCN2)C1. The van der Waals surface area contributed by atoms with Crippen molar-refractivity contribution in [2.45, 2.75) is 63.8 Å². The minimum atomic E-state index is 0.606. The van der Waals surface area contributed by atoms with Crippen molar-refractivity contribution >= 4 is 0 Å². The summed E-state index contributed by atoms with van der Waals surface area (Å²) in [5.74, 6) is 3.05. The molecule has 3 unspecified atom stereocenters. The van der Waals surface area contributed by atoms with E-state index in [1.54, 1.807) is 0 Å². The molecule has 0 aromatic rings. The average Bonchev–Trinajstić information content (AvgIpc) is 2.98. The third-order valence-corrected chi connectivity index (χ3v) is 5.19. The fraction of sp³-hybridized carbons (Fsp3) is 1.00. The van der Waals surface area contributed by atoms with Crippen molar-refractivity contribution in [3.05, 3.63) is 0 Å². The summed E-state index contributed by atoms with van der Waals surface area (Å²) in [4.78, 5) is 0. The second-order valence-electron chi connectivity index (χ2n) is 6.31. The minimum absolute atomic E-state index is 0.606. The summed E-state index contributed by atoms with van der Waals surface area (Å²) in [5.41, 5.74) is 0.606. The van der Waals surface area contributed by atoms with Gasteiger partial charge in [-0.25, -0.2) is 0 Å². The Morgan fingerprint density at radius 3 is 2.47 bits per heavy atom. The summed E-state index contributed by atoms with van der Waals surface area (Å²) < 4.78 is 0. The van der Waals surface area contributed by atoms with E-state index in [-0.39, 0.29) is 0 Å². The zero-order valence-corrected chi connectivity index (χ0v) is 10.1. The molecule has 3 atom stereocenters. The van der Waals surface area contributed by atoms with Gasteiger partial charge in [-0.1, -0.05) is 19.8 Å². The Morgan fingerprint density at radius 1 is 1.00 bits per heavy atom. The van der Waals surface area contributed by atoms with Crippen LogP contribution in [0.1, 0.15) is 58.3 Å². The first-order valence-corrected chi connectivity index (χ1v) is 7.06. The lowest BCUT2D eigenvalue weighted by molar-refractivity contribution is 0.131. The van der Waals surface area contributed by atoms with Crippen LogP contribution in [0.2, 0.25) is 0 Å². The van der Waals surface area contributed by atoms with E-state index in [0.717, 1.165) is 17.8 Å². The first kappa shape index (κ1) is 10.1. The van der Waals surface area contributed by atoms with Crippen molar-refractivity contribution in [1.29, 1.82) is 0 Å². The lowest BCUT2D eigenvalue weighted by Crippen LogP contribution is -2.50. The van der Waals surface area contributed by atoms with Gasteiger partial charge in [0.15, 0.2) is 0 Å². The van der Waals surface area contributed by atoms with Crippen LogP contribution in [0.3, 0.4) is 0 Å². The highest BCUT2D eigenvalue weighted by Crippen LogP contribution is 2.52. The summed E-state index contributed by atoms with van der Waals surface area (Å²) in [6.45, 7) is 3.75. The van der Waals surface area contributed by atoms with Gasteiger partial charge in [-0.05, 0) is 62.8 Å². The molecule has 1 aliphatic heterocycles. The summed E-state index contributed by atoms with van der Waals surface area (Å²) in [6, 6.07) is 0. The second kappa shape index (κ2) is 3.76. The predicted octanol–water partition coefficient (Wildman–Crippen LogP) is 3.34. The molecule has 1 saturated heterocycles. The quantitative estimate of drug-likeness (QED) is 0.732. The van der Waals surface area contributed by atoms with E-state index in [0.29, 0.717) is 5.54 Å². The number of rotatable bonds is 2. The van der Waals surface area contributed by atoms with Crippen LogP contribution in [0.5, 0.6) is 0 Å². The maximum atomic E-state index is 3.92. The van der Waals surface area contributed by atoms with Crippen LogP contribution < -0.4 is 5.32 Å². The molecule has 1 heteroatoms. The van der Waals surface area contributed by atoms with Gasteiger partial charge < -0.3 is 5.32 Å². The highest BCUT2D eigenvalue weighted by Gasteiger charge is 2.51. The van der Waals surface area contributed by atoms with Gasteiger partial charge in [-0.3, -0.25) is 0 Å². The van der Waals surface area contributed by atoms with Gasteiger partial charge in [-0.2, -0.15) is 0 Å². The molecule has 0 bridgehead atoms. The lowest BCUT2D eigenvalue weighted by Gasteiger charge is -2.42. The van der Waals surface area contributed by atoms with Gasteiger partial charge in [-0.15, -0.1) is 0 Å². The van der Waals surface area contributed by atoms with Gasteiger partial charge in [0.2, 0.25) is 0 Å². The Balaban J connectivity index is 1.76. The van der Waals surface area contributed by atoms with Gasteiger partial charge >= 0.3 is 0 Å². The molecule has 1 nitrogen and oxygen atoms in total. The highest BCUT2D eigenvalue weighted by molar-refractivity contribution is 5.08.